The summed E-state index contributed by atoms with van der Waals surface area (Å²) in [5.41, 5.74) is 1.77. The molecule has 1 N–H and O–H groups in total. The Bertz CT molecular complexity index is 746. The van der Waals surface area contributed by atoms with Gasteiger partial charge in [0.05, 0.1) is 12.2 Å². The third-order valence-corrected chi connectivity index (χ3v) is 10.4. The van der Waals surface area contributed by atoms with Crippen LogP contribution in [0.25, 0.3) is 0 Å². The summed E-state index contributed by atoms with van der Waals surface area (Å²) in [4.78, 5) is 12.2. The third kappa shape index (κ3) is 7.07. The maximum atomic E-state index is 12.2. The topological polar surface area (TPSA) is 46.5 Å². The van der Waals surface area contributed by atoms with E-state index in [4.69, 9.17) is 4.43 Å². The molecule has 0 aliphatic heterocycles. The number of allylic oxidation sites excluding steroid dienone is 1. The van der Waals surface area contributed by atoms with Crippen molar-refractivity contribution in [3.05, 3.63) is 83.9 Å². The third-order valence-electron chi connectivity index (χ3n) is 5.72. The Balaban J connectivity index is 2.04. The lowest BCUT2D eigenvalue weighted by Gasteiger charge is -2.34. The summed E-state index contributed by atoms with van der Waals surface area (Å²) in [5, 5.41) is 10.7. The Morgan fingerprint density at radius 3 is 2.07 bits per heavy atom. The molecule has 2 atom stereocenters. The molecule has 2 aromatic carbocycles. The first-order valence-electron chi connectivity index (χ1n) is 10.7. The normalized spacial score (nSPS) is 14.1. The van der Waals surface area contributed by atoms with Crippen molar-refractivity contribution < 1.29 is 14.3 Å². The molecule has 2 rings (SSSR count). The van der Waals surface area contributed by atoms with Gasteiger partial charge in [-0.2, -0.15) is 0 Å². The Hall–Kier alpha value is -2.01. The van der Waals surface area contributed by atoms with Crippen molar-refractivity contribution >= 4 is 14.1 Å². The monoisotopic (exact) mass is 410 g/mol. The molecule has 0 aliphatic carbocycles. The van der Waals surface area contributed by atoms with Gasteiger partial charge in [0.1, 0.15) is 0 Å². The van der Waals surface area contributed by atoms with Crippen LogP contribution >= 0.6 is 0 Å². The van der Waals surface area contributed by atoms with Gasteiger partial charge in [0.25, 0.3) is 0 Å². The van der Waals surface area contributed by atoms with E-state index in [0.717, 1.165) is 23.7 Å². The highest BCUT2D eigenvalue weighted by molar-refractivity contribution is 6.73. The fourth-order valence-corrected chi connectivity index (χ4v) is 6.43. The van der Waals surface area contributed by atoms with E-state index in [-0.39, 0.29) is 11.9 Å². The fraction of sp³-hybridized carbons (Fsp3) is 0.400. The van der Waals surface area contributed by atoms with Gasteiger partial charge >= 0.3 is 0 Å². The molecule has 0 heterocycles. The summed E-state index contributed by atoms with van der Waals surface area (Å²) in [5.74, 6) is -0.0389. The zero-order valence-electron chi connectivity index (χ0n) is 17.9. The van der Waals surface area contributed by atoms with Gasteiger partial charge in [-0.15, -0.1) is 0 Å². The minimum atomic E-state index is -1.81. The van der Waals surface area contributed by atoms with E-state index in [1.807, 2.05) is 36.4 Å². The van der Waals surface area contributed by atoms with Crippen LogP contribution in [0.3, 0.4) is 0 Å². The Labute approximate surface area is 176 Å². The van der Waals surface area contributed by atoms with Crippen LogP contribution in [0, 0.1) is 0 Å². The minimum absolute atomic E-state index is 0.0389. The zero-order valence-corrected chi connectivity index (χ0v) is 18.9. The maximum absolute atomic E-state index is 12.2. The molecule has 0 unspecified atom stereocenters. The number of hydrogen-bond donors (Lipinski definition) is 1. The van der Waals surface area contributed by atoms with Crippen molar-refractivity contribution in [2.24, 2.45) is 0 Å². The molecular weight excluding hydrogens is 376 g/mol. The number of ketones is 1. The summed E-state index contributed by atoms with van der Waals surface area (Å²) in [6, 6.07) is 22.6. The van der Waals surface area contributed by atoms with Gasteiger partial charge in [0.2, 0.25) is 0 Å². The molecule has 2 aromatic rings. The molecule has 156 valence electrons. The lowest BCUT2D eigenvalue weighted by atomic mass is 10.0. The van der Waals surface area contributed by atoms with Crippen LogP contribution in [0.4, 0.5) is 0 Å². The molecule has 0 radical (unpaired) electrons. The molecule has 4 heteroatoms. The summed E-state index contributed by atoms with van der Waals surface area (Å²) >= 11 is 0. The predicted octanol–water partition coefficient (Wildman–Crippen LogP) is 6.33. The summed E-state index contributed by atoms with van der Waals surface area (Å²) in [6.07, 6.45) is 3.62. The first-order valence-corrected chi connectivity index (χ1v) is 13.2. The quantitative estimate of drug-likeness (QED) is 0.253. The number of aliphatic hydroxyl groups excluding tert-OH is 1. The zero-order chi connectivity index (χ0) is 21.1. The van der Waals surface area contributed by atoms with E-state index in [1.54, 1.807) is 24.3 Å². The second kappa shape index (κ2) is 11.9. The molecular formula is C25H34O3Si. The Morgan fingerprint density at radius 1 is 0.966 bits per heavy atom. The molecule has 0 spiro atoms. The van der Waals surface area contributed by atoms with Crippen LogP contribution in [-0.2, 0) is 4.43 Å². The van der Waals surface area contributed by atoms with Gasteiger partial charge in [-0.3, -0.25) is 4.79 Å². The van der Waals surface area contributed by atoms with E-state index < -0.39 is 14.4 Å². The highest BCUT2D eigenvalue weighted by Crippen LogP contribution is 2.33. The van der Waals surface area contributed by atoms with Crippen LogP contribution < -0.4 is 0 Å². The average Bonchev–Trinajstić information content (AvgIpc) is 2.78. The molecule has 3 nitrogen and oxygen atoms in total. The maximum Gasteiger partial charge on any atom is 0.192 e. The molecule has 0 amide bonds. The van der Waals surface area contributed by atoms with Crippen molar-refractivity contribution in [2.75, 3.05) is 0 Å². The average molecular weight is 411 g/mol. The van der Waals surface area contributed by atoms with Gasteiger partial charge in [0, 0.05) is 12.0 Å². The van der Waals surface area contributed by atoms with Crippen LogP contribution in [0.5, 0.6) is 0 Å². The summed E-state index contributed by atoms with van der Waals surface area (Å²) in [7, 11) is -1.81. The Morgan fingerprint density at radius 2 is 1.52 bits per heavy atom. The SMILES string of the molecule is CC[Si](CC)(CC)O[C@H](C[C@@H](O)C/C=C/C(=O)c1ccccc1)c1ccccc1. The molecule has 0 aromatic heterocycles. The lowest BCUT2D eigenvalue weighted by molar-refractivity contribution is 0.0896. The second-order valence-electron chi connectivity index (χ2n) is 7.52. The molecule has 29 heavy (non-hydrogen) atoms. The van der Waals surface area contributed by atoms with E-state index >= 15 is 0 Å². The summed E-state index contributed by atoms with van der Waals surface area (Å²) in [6.45, 7) is 6.65. The number of benzene rings is 2. The van der Waals surface area contributed by atoms with Gasteiger partial charge in [-0.25, -0.2) is 0 Å². The number of carbonyl (C=O) groups excluding carboxylic acids is 1. The highest BCUT2D eigenvalue weighted by atomic mass is 28.4. The molecule has 0 saturated carbocycles. The number of aliphatic hydroxyl groups is 1. The van der Waals surface area contributed by atoms with Crippen LogP contribution in [0.1, 0.15) is 55.6 Å². The predicted molar refractivity (Wildman–Crippen MR) is 123 cm³/mol. The van der Waals surface area contributed by atoms with Crippen molar-refractivity contribution in [1.29, 1.82) is 0 Å². The van der Waals surface area contributed by atoms with Crippen molar-refractivity contribution in [1.82, 2.24) is 0 Å². The molecule has 0 saturated heterocycles. The first kappa shape index (κ1) is 23.3. The standard InChI is InChI=1S/C25H34O3Si/c1-4-29(5-2,6-3)28-25(22-16-11-8-12-17-22)20-23(26)18-13-19-24(27)21-14-9-7-10-15-21/h7-17,19,23,25-26H,4-6,18,20H2,1-3H3/b19-13+/t23-,25+/m0/s1. The van der Waals surface area contributed by atoms with E-state index in [0.29, 0.717) is 18.4 Å². The highest BCUT2D eigenvalue weighted by Gasteiger charge is 2.33. The molecule has 0 aliphatic rings. The number of rotatable bonds is 12. The smallest absolute Gasteiger partial charge is 0.192 e. The van der Waals surface area contributed by atoms with Crippen molar-refractivity contribution in [3.63, 3.8) is 0 Å². The van der Waals surface area contributed by atoms with E-state index in [1.165, 1.54) is 0 Å². The van der Waals surface area contributed by atoms with E-state index in [9.17, 15) is 9.90 Å². The second-order valence-corrected chi connectivity index (χ2v) is 12.2. The van der Waals surface area contributed by atoms with Crippen LogP contribution in [-0.4, -0.2) is 25.3 Å². The van der Waals surface area contributed by atoms with Crippen molar-refractivity contribution in [3.8, 4) is 0 Å². The van der Waals surface area contributed by atoms with Gasteiger partial charge in [0.15, 0.2) is 14.1 Å². The largest absolute Gasteiger partial charge is 0.410 e. The number of hydrogen-bond acceptors (Lipinski definition) is 3. The first-order chi connectivity index (χ1) is 14.0. The van der Waals surface area contributed by atoms with Gasteiger partial charge in [-0.1, -0.05) is 87.5 Å². The van der Waals surface area contributed by atoms with E-state index in [2.05, 4.69) is 32.9 Å². The van der Waals surface area contributed by atoms with Crippen molar-refractivity contribution in [2.45, 2.75) is 64.0 Å². The molecule has 0 bridgehead atoms. The molecule has 0 fully saturated rings. The fourth-order valence-electron chi connectivity index (χ4n) is 3.60. The van der Waals surface area contributed by atoms with Gasteiger partial charge in [-0.05, 0) is 36.2 Å². The lowest BCUT2D eigenvalue weighted by Crippen LogP contribution is -2.38. The summed E-state index contributed by atoms with van der Waals surface area (Å²) < 4.78 is 6.73. The van der Waals surface area contributed by atoms with Gasteiger partial charge < -0.3 is 9.53 Å². The number of carbonyl (C=O) groups is 1. The van der Waals surface area contributed by atoms with Crippen LogP contribution in [0.15, 0.2) is 72.8 Å². The Kier molecular flexibility index (Phi) is 9.52. The van der Waals surface area contributed by atoms with Crippen LogP contribution in [0.2, 0.25) is 18.1 Å². The minimum Gasteiger partial charge on any atom is -0.410 e.